The van der Waals surface area contributed by atoms with Gasteiger partial charge in [-0.25, -0.2) is 0 Å². The normalized spacial score (nSPS) is 19.8. The lowest BCUT2D eigenvalue weighted by atomic mass is 9.74. The minimum absolute atomic E-state index is 0.200. The molecule has 0 saturated heterocycles. The summed E-state index contributed by atoms with van der Waals surface area (Å²) in [7, 11) is 0. The molecule has 0 fully saturated rings. The van der Waals surface area contributed by atoms with E-state index in [9.17, 15) is 0 Å². The van der Waals surface area contributed by atoms with Gasteiger partial charge in [0.05, 0.1) is 17.3 Å². The number of hydrogen-bond acceptors (Lipinski definition) is 3. The van der Waals surface area contributed by atoms with E-state index in [1.807, 2.05) is 11.3 Å². The Morgan fingerprint density at radius 3 is 1.90 bits per heavy atom. The monoisotopic (exact) mass is 574 g/mol. The summed E-state index contributed by atoms with van der Waals surface area (Å²) in [6, 6.07) is 4.57. The second-order valence-electron chi connectivity index (χ2n) is 8.87. The summed E-state index contributed by atoms with van der Waals surface area (Å²) < 4.78 is 9.46. The zero-order valence-corrected chi connectivity index (χ0v) is 23.7. The van der Waals surface area contributed by atoms with Gasteiger partial charge >= 0.3 is 0 Å². The molecule has 1 aliphatic heterocycles. The molecule has 3 rings (SSSR count). The predicted octanol–water partition coefficient (Wildman–Crippen LogP) is 10.8. The fourth-order valence-corrected chi connectivity index (χ4v) is 8.26. The highest BCUT2D eigenvalue weighted by Gasteiger charge is 2.45. The minimum Gasteiger partial charge on any atom is -0.481 e. The smallest absolute Gasteiger partial charge is 0.141 e. The van der Waals surface area contributed by atoms with Gasteiger partial charge < -0.3 is 4.74 Å². The van der Waals surface area contributed by atoms with Crippen molar-refractivity contribution in [2.75, 3.05) is 0 Å². The summed E-state index contributed by atoms with van der Waals surface area (Å²) in [5, 5.41) is 0. The highest BCUT2D eigenvalue weighted by molar-refractivity contribution is 9.11. The van der Waals surface area contributed by atoms with E-state index in [-0.39, 0.29) is 5.60 Å². The Balaban J connectivity index is 2.04. The molecule has 3 heterocycles. The van der Waals surface area contributed by atoms with Crippen LogP contribution in [0.15, 0.2) is 19.7 Å². The van der Waals surface area contributed by atoms with Crippen LogP contribution in [-0.2, 0) is 5.60 Å². The zero-order valence-electron chi connectivity index (χ0n) is 18.9. The molecule has 0 spiro atoms. The number of hydrogen-bond donors (Lipinski definition) is 0. The maximum Gasteiger partial charge on any atom is 0.141 e. The first-order chi connectivity index (χ1) is 14.5. The Kier molecular flexibility index (Phi) is 9.37. The summed E-state index contributed by atoms with van der Waals surface area (Å²) in [5.74, 6) is 2.51. The SMILES string of the molecule is CCCCC(CC)CC1(CC(CC)CCCC)Oc2cc(Br)sc2-c2sc(Br)cc21. The Hall–Kier alpha value is 0.160. The first kappa shape index (κ1) is 24.8. The van der Waals surface area contributed by atoms with Crippen LogP contribution in [0.25, 0.3) is 9.75 Å². The Bertz CT molecular complexity index is 792. The van der Waals surface area contributed by atoms with Crippen molar-refractivity contribution in [2.24, 2.45) is 11.8 Å². The van der Waals surface area contributed by atoms with Gasteiger partial charge in [-0.1, -0.05) is 79.1 Å². The van der Waals surface area contributed by atoms with E-state index in [1.165, 1.54) is 70.5 Å². The first-order valence-electron chi connectivity index (χ1n) is 11.7. The summed E-state index contributed by atoms with van der Waals surface area (Å²) in [6.07, 6.45) is 12.5. The van der Waals surface area contributed by atoms with Crippen molar-refractivity contribution in [1.29, 1.82) is 0 Å². The third-order valence-electron chi connectivity index (χ3n) is 6.70. The lowest BCUT2D eigenvalue weighted by molar-refractivity contribution is 0.00797. The molecule has 1 aliphatic rings. The maximum absolute atomic E-state index is 7.07. The van der Waals surface area contributed by atoms with E-state index < -0.39 is 0 Å². The zero-order chi connectivity index (χ0) is 21.7. The van der Waals surface area contributed by atoms with E-state index in [0.29, 0.717) is 11.8 Å². The molecule has 30 heavy (non-hydrogen) atoms. The number of rotatable bonds is 12. The maximum atomic E-state index is 7.07. The first-order valence-corrected chi connectivity index (χ1v) is 15.0. The van der Waals surface area contributed by atoms with Crippen LogP contribution in [0.4, 0.5) is 0 Å². The molecule has 1 nitrogen and oxygen atoms in total. The summed E-state index contributed by atoms with van der Waals surface area (Å²) >= 11 is 11.2. The summed E-state index contributed by atoms with van der Waals surface area (Å²) in [5.41, 5.74) is 1.24. The van der Waals surface area contributed by atoms with Crippen molar-refractivity contribution >= 4 is 54.5 Å². The van der Waals surface area contributed by atoms with Crippen LogP contribution in [0, 0.1) is 11.8 Å². The molecule has 0 bridgehead atoms. The molecule has 0 aliphatic carbocycles. The second kappa shape index (κ2) is 11.3. The van der Waals surface area contributed by atoms with Crippen LogP contribution in [0.3, 0.4) is 0 Å². The summed E-state index contributed by atoms with van der Waals surface area (Å²) in [6.45, 7) is 9.34. The Morgan fingerprint density at radius 1 is 0.833 bits per heavy atom. The molecule has 0 saturated carbocycles. The van der Waals surface area contributed by atoms with Crippen LogP contribution < -0.4 is 4.74 Å². The number of halogens is 2. The van der Waals surface area contributed by atoms with Gasteiger partial charge in [0.15, 0.2) is 0 Å². The predicted molar refractivity (Wildman–Crippen MR) is 141 cm³/mol. The van der Waals surface area contributed by atoms with Crippen LogP contribution in [0.1, 0.15) is 97.5 Å². The summed E-state index contributed by atoms with van der Waals surface area (Å²) in [4.78, 5) is 2.72. The van der Waals surface area contributed by atoms with Crippen molar-refractivity contribution in [3.05, 3.63) is 25.3 Å². The van der Waals surface area contributed by atoms with Gasteiger partial charge in [-0.15, -0.1) is 22.7 Å². The highest BCUT2D eigenvalue weighted by Crippen LogP contribution is 2.58. The fourth-order valence-electron chi connectivity index (χ4n) is 4.92. The van der Waals surface area contributed by atoms with E-state index in [0.717, 1.165) is 22.4 Å². The molecule has 2 aromatic rings. The van der Waals surface area contributed by atoms with E-state index >= 15 is 0 Å². The van der Waals surface area contributed by atoms with Gasteiger partial charge in [-0.3, -0.25) is 0 Å². The average molecular weight is 577 g/mol. The van der Waals surface area contributed by atoms with Crippen LogP contribution in [-0.4, -0.2) is 0 Å². The Labute approximate surface area is 208 Å². The number of unbranched alkanes of at least 4 members (excludes halogenated alkanes) is 2. The van der Waals surface area contributed by atoms with Gasteiger partial charge in [0.25, 0.3) is 0 Å². The van der Waals surface area contributed by atoms with Gasteiger partial charge in [0.1, 0.15) is 11.4 Å². The van der Waals surface area contributed by atoms with Crippen molar-refractivity contribution in [3.8, 4) is 15.5 Å². The molecule has 0 N–H and O–H groups in total. The minimum atomic E-state index is -0.200. The quantitative estimate of drug-likeness (QED) is 0.244. The van der Waals surface area contributed by atoms with Crippen molar-refractivity contribution < 1.29 is 4.74 Å². The molecule has 5 heteroatoms. The molecule has 0 amide bonds. The van der Waals surface area contributed by atoms with Gasteiger partial charge in [-0.2, -0.15) is 0 Å². The lowest BCUT2D eigenvalue weighted by Gasteiger charge is -2.42. The number of ether oxygens (including phenoxy) is 1. The standard InChI is InChI=1S/C25H36Br2OS2/c1-5-9-11-17(7-3)15-25(16-18(8-4)12-10-6-2)19-13-21(26)29-23(19)24-20(28-25)14-22(27)30-24/h13-14,17-18H,5-12,15-16H2,1-4H3. The van der Waals surface area contributed by atoms with Gasteiger partial charge in [0, 0.05) is 11.6 Å². The average Bonchev–Trinajstić information content (AvgIpc) is 3.30. The second-order valence-corrected chi connectivity index (χ2v) is 13.7. The molecule has 2 aromatic heterocycles. The molecular formula is C25H36Br2OS2. The number of fused-ring (bicyclic) bond motifs is 3. The molecule has 0 radical (unpaired) electrons. The molecule has 168 valence electrons. The topological polar surface area (TPSA) is 9.23 Å². The van der Waals surface area contributed by atoms with Crippen molar-refractivity contribution in [1.82, 2.24) is 0 Å². The van der Waals surface area contributed by atoms with E-state index in [2.05, 4.69) is 71.7 Å². The van der Waals surface area contributed by atoms with Crippen LogP contribution >= 0.6 is 54.5 Å². The molecular weight excluding hydrogens is 540 g/mol. The number of thiophene rings is 2. The molecule has 2 unspecified atom stereocenters. The molecule has 2 atom stereocenters. The Morgan fingerprint density at radius 2 is 1.37 bits per heavy atom. The highest BCUT2D eigenvalue weighted by atomic mass is 79.9. The van der Waals surface area contributed by atoms with E-state index in [1.54, 1.807) is 11.3 Å². The molecule has 0 aromatic carbocycles. The third kappa shape index (κ3) is 5.55. The fraction of sp³-hybridized carbons (Fsp3) is 0.680. The van der Waals surface area contributed by atoms with Crippen molar-refractivity contribution in [2.45, 2.75) is 97.5 Å². The van der Waals surface area contributed by atoms with Crippen LogP contribution in [0.5, 0.6) is 5.75 Å². The van der Waals surface area contributed by atoms with Gasteiger partial charge in [0.2, 0.25) is 0 Å². The lowest BCUT2D eigenvalue weighted by Crippen LogP contribution is -2.39. The van der Waals surface area contributed by atoms with Crippen LogP contribution in [0.2, 0.25) is 0 Å². The third-order valence-corrected chi connectivity index (χ3v) is 10.1. The van der Waals surface area contributed by atoms with E-state index in [4.69, 9.17) is 4.74 Å². The van der Waals surface area contributed by atoms with Gasteiger partial charge in [-0.05, 0) is 62.6 Å². The van der Waals surface area contributed by atoms with Crippen molar-refractivity contribution in [3.63, 3.8) is 0 Å². The largest absolute Gasteiger partial charge is 0.481 e.